The first kappa shape index (κ1) is 21.4. The fourth-order valence-corrected chi connectivity index (χ4v) is 3.73. The van der Waals surface area contributed by atoms with Crippen LogP contribution in [0.15, 0.2) is 12.1 Å². The number of nitrogens with zero attached hydrogens (tertiary/aromatic N) is 1. The van der Waals surface area contributed by atoms with E-state index in [1.54, 1.807) is 6.92 Å². The molecule has 3 atom stereocenters. The normalized spacial score (nSPS) is 20.7. The molecule has 7 heteroatoms. The number of hydrogen-bond donors (Lipinski definition) is 0. The molecule has 150 valence electrons. The Morgan fingerprint density at radius 2 is 1.89 bits per heavy atom. The van der Waals surface area contributed by atoms with Crippen molar-refractivity contribution in [1.29, 1.82) is 0 Å². The van der Waals surface area contributed by atoms with Crippen LogP contribution in [0.2, 0.25) is 5.02 Å². The third kappa shape index (κ3) is 4.86. The van der Waals surface area contributed by atoms with Crippen molar-refractivity contribution in [3.8, 4) is 11.5 Å². The molecule has 2 rings (SSSR count). The minimum atomic E-state index is -0.878. The predicted octanol–water partition coefficient (Wildman–Crippen LogP) is 4.08. The van der Waals surface area contributed by atoms with Crippen molar-refractivity contribution >= 4 is 23.5 Å². The van der Waals surface area contributed by atoms with Gasteiger partial charge in [-0.3, -0.25) is 4.79 Å². The van der Waals surface area contributed by atoms with Gasteiger partial charge in [0.2, 0.25) is 0 Å². The van der Waals surface area contributed by atoms with E-state index in [1.165, 1.54) is 19.2 Å². The molecular weight excluding hydrogens is 370 g/mol. The molecular formula is C20H28ClNO5. The molecule has 1 aliphatic heterocycles. The van der Waals surface area contributed by atoms with Crippen LogP contribution in [0.5, 0.6) is 11.5 Å². The summed E-state index contributed by atoms with van der Waals surface area (Å²) in [5, 5.41) is 0.250. The van der Waals surface area contributed by atoms with Crippen molar-refractivity contribution in [3.05, 3.63) is 22.7 Å². The predicted molar refractivity (Wildman–Crippen MR) is 104 cm³/mol. The number of carbonyl (C=O) groups excluding carboxylic acids is 2. The summed E-state index contributed by atoms with van der Waals surface area (Å²) in [6.07, 6.45) is 2.15. The van der Waals surface area contributed by atoms with Gasteiger partial charge in [-0.1, -0.05) is 11.6 Å². The highest BCUT2D eigenvalue weighted by Gasteiger charge is 2.33. The summed E-state index contributed by atoms with van der Waals surface area (Å²) in [6, 6.07) is 3.24. The maximum Gasteiger partial charge on any atom is 0.339 e. The maximum atomic E-state index is 12.8. The van der Waals surface area contributed by atoms with Crippen molar-refractivity contribution in [1.82, 2.24) is 4.90 Å². The van der Waals surface area contributed by atoms with E-state index in [0.29, 0.717) is 18.1 Å². The standard InChI is InChI=1S/C20H28ClNO5/c1-6-26-18-16(21)10-15(11-17(18)25-5)20(24)27-14(4)19(23)22-12(2)8-7-9-13(22)3/h10-14H,6-9H2,1-5H3/t12-,13+,14-/m0/s1. The maximum absolute atomic E-state index is 12.8. The summed E-state index contributed by atoms with van der Waals surface area (Å²) in [7, 11) is 1.47. The number of rotatable bonds is 6. The second-order valence-electron chi connectivity index (χ2n) is 6.84. The van der Waals surface area contributed by atoms with Crippen LogP contribution in [0.4, 0.5) is 0 Å². The average Bonchev–Trinajstić information content (AvgIpc) is 2.62. The van der Waals surface area contributed by atoms with E-state index in [2.05, 4.69) is 0 Å². The molecule has 1 fully saturated rings. The summed E-state index contributed by atoms with van der Waals surface area (Å²) < 4.78 is 16.1. The largest absolute Gasteiger partial charge is 0.493 e. The van der Waals surface area contributed by atoms with Crippen molar-refractivity contribution < 1.29 is 23.8 Å². The van der Waals surface area contributed by atoms with E-state index in [4.69, 9.17) is 25.8 Å². The molecule has 1 aliphatic rings. The first-order valence-electron chi connectivity index (χ1n) is 9.33. The van der Waals surface area contributed by atoms with Crippen LogP contribution in [0.1, 0.15) is 57.3 Å². The van der Waals surface area contributed by atoms with E-state index in [0.717, 1.165) is 19.3 Å². The zero-order valence-electron chi connectivity index (χ0n) is 16.6. The van der Waals surface area contributed by atoms with Crippen LogP contribution >= 0.6 is 11.6 Å². The fourth-order valence-electron chi connectivity index (χ4n) is 3.47. The molecule has 1 heterocycles. The van der Waals surface area contributed by atoms with Gasteiger partial charge in [0, 0.05) is 12.1 Å². The zero-order chi connectivity index (χ0) is 20.1. The number of likely N-dealkylation sites (tertiary alicyclic amines) is 1. The zero-order valence-corrected chi connectivity index (χ0v) is 17.3. The van der Waals surface area contributed by atoms with Crippen LogP contribution in [-0.4, -0.2) is 48.7 Å². The second-order valence-corrected chi connectivity index (χ2v) is 7.25. The highest BCUT2D eigenvalue weighted by atomic mass is 35.5. The van der Waals surface area contributed by atoms with E-state index in [-0.39, 0.29) is 28.6 Å². The SMILES string of the molecule is CCOc1c(Cl)cc(C(=O)O[C@@H](C)C(=O)N2[C@H](C)CCC[C@@H]2C)cc1OC. The third-order valence-corrected chi connectivity index (χ3v) is 5.11. The molecule has 0 aromatic heterocycles. The van der Waals surface area contributed by atoms with Crippen LogP contribution in [0.3, 0.4) is 0 Å². The molecule has 1 aromatic carbocycles. The van der Waals surface area contributed by atoms with Gasteiger partial charge < -0.3 is 19.1 Å². The molecule has 0 spiro atoms. The van der Waals surface area contributed by atoms with Gasteiger partial charge in [-0.05, 0) is 59.1 Å². The monoisotopic (exact) mass is 397 g/mol. The Morgan fingerprint density at radius 3 is 2.44 bits per heavy atom. The lowest BCUT2D eigenvalue weighted by Crippen LogP contribution is -2.51. The highest BCUT2D eigenvalue weighted by Crippen LogP contribution is 2.36. The highest BCUT2D eigenvalue weighted by molar-refractivity contribution is 6.32. The number of carbonyl (C=O) groups is 2. The molecule has 0 bridgehead atoms. The lowest BCUT2D eigenvalue weighted by Gasteiger charge is -2.40. The van der Waals surface area contributed by atoms with Crippen molar-refractivity contribution in [2.45, 2.75) is 65.1 Å². The molecule has 6 nitrogen and oxygen atoms in total. The third-order valence-electron chi connectivity index (χ3n) is 4.83. The summed E-state index contributed by atoms with van der Waals surface area (Å²) in [4.78, 5) is 27.2. The molecule has 0 radical (unpaired) electrons. The summed E-state index contributed by atoms with van der Waals surface area (Å²) in [5.74, 6) is -0.0877. The molecule has 27 heavy (non-hydrogen) atoms. The van der Waals surface area contributed by atoms with E-state index in [9.17, 15) is 9.59 Å². The molecule has 1 aromatic rings. The number of halogens is 1. The van der Waals surface area contributed by atoms with Crippen LogP contribution in [0.25, 0.3) is 0 Å². The minimum Gasteiger partial charge on any atom is -0.493 e. The van der Waals surface area contributed by atoms with Gasteiger partial charge in [0.15, 0.2) is 17.6 Å². The van der Waals surface area contributed by atoms with Crippen molar-refractivity contribution in [3.63, 3.8) is 0 Å². The minimum absolute atomic E-state index is 0.141. The van der Waals surface area contributed by atoms with E-state index in [1.807, 2.05) is 25.7 Å². The van der Waals surface area contributed by atoms with Crippen LogP contribution < -0.4 is 9.47 Å². The Morgan fingerprint density at radius 1 is 1.26 bits per heavy atom. The van der Waals surface area contributed by atoms with Gasteiger partial charge in [-0.25, -0.2) is 4.79 Å². The first-order chi connectivity index (χ1) is 12.8. The fraction of sp³-hybridized carbons (Fsp3) is 0.600. The smallest absolute Gasteiger partial charge is 0.339 e. The number of ether oxygens (including phenoxy) is 3. The van der Waals surface area contributed by atoms with Gasteiger partial charge in [-0.15, -0.1) is 0 Å². The van der Waals surface area contributed by atoms with Gasteiger partial charge in [-0.2, -0.15) is 0 Å². The van der Waals surface area contributed by atoms with Crippen LogP contribution in [-0.2, 0) is 9.53 Å². The summed E-state index contributed by atoms with van der Waals surface area (Å²) >= 11 is 6.21. The number of amides is 1. The van der Waals surface area contributed by atoms with E-state index < -0.39 is 12.1 Å². The van der Waals surface area contributed by atoms with Gasteiger partial charge in [0.1, 0.15) is 0 Å². The Bertz CT molecular complexity index is 683. The molecule has 0 unspecified atom stereocenters. The number of hydrogen-bond acceptors (Lipinski definition) is 5. The molecule has 1 saturated heterocycles. The Labute approximate surface area is 165 Å². The Kier molecular flexibility index (Phi) is 7.36. The van der Waals surface area contributed by atoms with Crippen molar-refractivity contribution in [2.24, 2.45) is 0 Å². The molecule has 1 amide bonds. The number of esters is 1. The van der Waals surface area contributed by atoms with Gasteiger partial charge >= 0.3 is 5.97 Å². The number of benzene rings is 1. The number of methoxy groups -OCH3 is 1. The molecule has 0 N–H and O–H groups in total. The lowest BCUT2D eigenvalue weighted by atomic mass is 9.97. The van der Waals surface area contributed by atoms with E-state index >= 15 is 0 Å². The average molecular weight is 398 g/mol. The number of piperidine rings is 1. The molecule has 0 aliphatic carbocycles. The van der Waals surface area contributed by atoms with Gasteiger partial charge in [0.25, 0.3) is 5.91 Å². The Balaban J connectivity index is 2.14. The lowest BCUT2D eigenvalue weighted by molar-refractivity contribution is -0.146. The quantitative estimate of drug-likeness (QED) is 0.676. The summed E-state index contributed by atoms with van der Waals surface area (Å²) in [6.45, 7) is 7.89. The van der Waals surface area contributed by atoms with Crippen LogP contribution in [0, 0.1) is 0 Å². The van der Waals surface area contributed by atoms with Gasteiger partial charge in [0.05, 0.1) is 24.3 Å². The second kappa shape index (κ2) is 9.31. The molecule has 0 saturated carbocycles. The first-order valence-corrected chi connectivity index (χ1v) is 9.71. The van der Waals surface area contributed by atoms with Crippen molar-refractivity contribution in [2.75, 3.05) is 13.7 Å². The topological polar surface area (TPSA) is 65.1 Å². The summed E-state index contributed by atoms with van der Waals surface area (Å²) in [5.41, 5.74) is 0.208. The Hall–Kier alpha value is -1.95.